The van der Waals surface area contributed by atoms with Gasteiger partial charge in [0, 0.05) is 38.1 Å². The molecule has 104 valence electrons. The maximum Gasteiger partial charge on any atom is 0.0235 e. The Balaban J connectivity index is 2.43. The summed E-state index contributed by atoms with van der Waals surface area (Å²) in [4.78, 5) is 4.95. The fourth-order valence-corrected chi connectivity index (χ4v) is 2.65. The van der Waals surface area contributed by atoms with E-state index in [9.17, 15) is 0 Å². The summed E-state index contributed by atoms with van der Waals surface area (Å²) in [6.07, 6.45) is 3.42. The van der Waals surface area contributed by atoms with Crippen molar-refractivity contribution in [2.75, 3.05) is 40.3 Å². The number of hydrogen-bond acceptors (Lipinski definition) is 3. The molecule has 1 N–H and O–H groups in total. The van der Waals surface area contributed by atoms with Crippen molar-refractivity contribution in [1.82, 2.24) is 15.1 Å². The molecular weight excluding hydrogens is 222 g/mol. The monoisotopic (exact) mass is 251 g/mol. The minimum absolute atomic E-state index is 0.606. The van der Waals surface area contributed by atoms with Crippen molar-refractivity contribution in [2.24, 2.45) is 0 Å². The predicted molar refractivity (Wildman–Crippen MR) is 78.7 cm³/mol. The molecule has 3 nitrogen and oxygen atoms in total. The maximum absolute atomic E-state index is 3.61. The minimum Gasteiger partial charge on any atom is -0.314 e. The van der Waals surface area contributed by atoms with Crippen molar-refractivity contribution < 1.29 is 0 Å². The maximum atomic E-state index is 3.61. The van der Waals surface area contributed by atoms with E-state index in [0.29, 0.717) is 12.1 Å². The van der Waals surface area contributed by atoms with Crippen LogP contribution in [-0.4, -0.2) is 62.2 Å². The molecule has 1 saturated heterocycles. The summed E-state index contributed by atoms with van der Waals surface area (Å²) in [5.41, 5.74) is 0. The van der Waals surface area contributed by atoms with Gasteiger partial charge < -0.3 is 15.1 Å². The molecule has 0 spiro atoms. The summed E-state index contributed by atoms with van der Waals surface area (Å²) < 4.78 is 0. The molecule has 0 saturated carbocycles. The van der Waals surface area contributed by atoms with Crippen LogP contribution in [0.5, 0.6) is 0 Å². The highest BCUT2D eigenvalue weighted by Crippen LogP contribution is 2.14. The number of nitrogens with zero attached hydrogens (tertiary/aromatic N) is 2. The molecule has 2 atom stereocenters. The van der Waals surface area contributed by atoms with E-state index in [1.54, 1.807) is 0 Å². The van der Waals surface area contributed by atoms with Crippen LogP contribution in [0.25, 0.3) is 0 Å². The Morgan fingerprint density at radius 2 is 2.11 bits per heavy atom. The van der Waals surface area contributed by atoms with Crippen LogP contribution in [0.4, 0.5) is 0 Å². The van der Waals surface area contributed by atoms with Crippen LogP contribution < -0.4 is 5.32 Å². The fraction of sp³-hybridized carbons (Fsp3) is 0.867. The van der Waals surface area contributed by atoms with Gasteiger partial charge in [0.25, 0.3) is 0 Å². The van der Waals surface area contributed by atoms with E-state index in [2.05, 4.69) is 48.0 Å². The molecule has 18 heavy (non-hydrogen) atoms. The van der Waals surface area contributed by atoms with Crippen LogP contribution in [-0.2, 0) is 0 Å². The molecule has 1 rings (SSSR count). The molecule has 0 amide bonds. The average Bonchev–Trinajstić information content (AvgIpc) is 2.34. The second-order valence-electron chi connectivity index (χ2n) is 5.35. The first-order valence-electron chi connectivity index (χ1n) is 7.19. The Bertz CT molecular complexity index is 279. The Kier molecular flexibility index (Phi) is 7.34. The normalized spacial score (nSPS) is 23.4. The van der Waals surface area contributed by atoms with E-state index in [0.717, 1.165) is 13.0 Å². The van der Waals surface area contributed by atoms with Crippen molar-refractivity contribution in [3.63, 3.8) is 0 Å². The van der Waals surface area contributed by atoms with Gasteiger partial charge in [0.2, 0.25) is 0 Å². The van der Waals surface area contributed by atoms with E-state index < -0.39 is 0 Å². The summed E-state index contributed by atoms with van der Waals surface area (Å²) >= 11 is 0. The lowest BCUT2D eigenvalue weighted by Crippen LogP contribution is -2.52. The third-order valence-electron chi connectivity index (χ3n) is 3.82. The topological polar surface area (TPSA) is 18.5 Å². The second-order valence-corrected chi connectivity index (χ2v) is 5.35. The van der Waals surface area contributed by atoms with Gasteiger partial charge in [-0.15, -0.1) is 11.8 Å². The SMILES string of the molecule is CC#CCCC(CC1CN(C)CCN1C)NCC. The number of likely N-dealkylation sites (N-methyl/N-ethyl adjacent to an activating group) is 2. The van der Waals surface area contributed by atoms with Gasteiger partial charge in [-0.2, -0.15) is 0 Å². The van der Waals surface area contributed by atoms with Gasteiger partial charge in [-0.25, -0.2) is 0 Å². The zero-order valence-electron chi connectivity index (χ0n) is 12.5. The zero-order valence-corrected chi connectivity index (χ0v) is 12.5. The van der Waals surface area contributed by atoms with Crippen LogP contribution in [0.1, 0.15) is 33.1 Å². The molecule has 0 aromatic carbocycles. The number of rotatable bonds is 6. The van der Waals surface area contributed by atoms with Gasteiger partial charge in [-0.3, -0.25) is 0 Å². The Morgan fingerprint density at radius 3 is 2.78 bits per heavy atom. The van der Waals surface area contributed by atoms with Crippen LogP contribution in [0, 0.1) is 11.8 Å². The Labute approximate surface area is 113 Å². The van der Waals surface area contributed by atoms with E-state index in [1.807, 2.05) is 6.92 Å². The summed E-state index contributed by atoms with van der Waals surface area (Å²) in [5.74, 6) is 6.17. The lowest BCUT2D eigenvalue weighted by molar-refractivity contribution is 0.100. The first-order chi connectivity index (χ1) is 8.67. The predicted octanol–water partition coefficient (Wildman–Crippen LogP) is 1.40. The van der Waals surface area contributed by atoms with E-state index in [-0.39, 0.29) is 0 Å². The molecule has 0 aromatic heterocycles. The van der Waals surface area contributed by atoms with Crippen molar-refractivity contribution in [3.05, 3.63) is 0 Å². The standard InChI is InChI=1S/C15H29N3/c1-5-7-8-9-14(16-6-2)12-15-13-17(3)10-11-18(15)4/h14-16H,6,8-13H2,1-4H3. The lowest BCUT2D eigenvalue weighted by Gasteiger charge is -2.39. The van der Waals surface area contributed by atoms with Crippen molar-refractivity contribution in [3.8, 4) is 11.8 Å². The molecule has 3 heteroatoms. The number of piperazine rings is 1. The largest absolute Gasteiger partial charge is 0.314 e. The molecule has 0 bridgehead atoms. The molecule has 0 aromatic rings. The number of nitrogens with one attached hydrogen (secondary N) is 1. The summed E-state index contributed by atoms with van der Waals surface area (Å²) in [6, 6.07) is 1.29. The Hall–Kier alpha value is -0.560. The van der Waals surface area contributed by atoms with Gasteiger partial charge >= 0.3 is 0 Å². The summed E-state index contributed by atoms with van der Waals surface area (Å²) in [7, 11) is 4.48. The van der Waals surface area contributed by atoms with E-state index >= 15 is 0 Å². The summed E-state index contributed by atoms with van der Waals surface area (Å²) in [5, 5.41) is 3.61. The van der Waals surface area contributed by atoms with Gasteiger partial charge in [0.05, 0.1) is 0 Å². The summed E-state index contributed by atoms with van der Waals surface area (Å²) in [6.45, 7) is 8.74. The minimum atomic E-state index is 0.606. The third-order valence-corrected chi connectivity index (χ3v) is 3.82. The highest BCUT2D eigenvalue weighted by atomic mass is 15.3. The van der Waals surface area contributed by atoms with E-state index in [1.165, 1.54) is 32.5 Å². The first-order valence-corrected chi connectivity index (χ1v) is 7.19. The van der Waals surface area contributed by atoms with E-state index in [4.69, 9.17) is 0 Å². The fourth-order valence-electron chi connectivity index (χ4n) is 2.65. The van der Waals surface area contributed by atoms with Crippen molar-refractivity contribution in [1.29, 1.82) is 0 Å². The lowest BCUT2D eigenvalue weighted by atomic mass is 9.99. The zero-order chi connectivity index (χ0) is 13.4. The van der Waals surface area contributed by atoms with Crippen LogP contribution >= 0.6 is 0 Å². The van der Waals surface area contributed by atoms with Gasteiger partial charge in [-0.05, 0) is 40.4 Å². The van der Waals surface area contributed by atoms with Crippen LogP contribution in [0.3, 0.4) is 0 Å². The number of hydrogen-bond donors (Lipinski definition) is 1. The molecule has 0 radical (unpaired) electrons. The quantitative estimate of drug-likeness (QED) is 0.720. The van der Waals surface area contributed by atoms with Gasteiger partial charge in [-0.1, -0.05) is 6.92 Å². The van der Waals surface area contributed by atoms with Crippen LogP contribution in [0.15, 0.2) is 0 Å². The molecule has 1 aliphatic rings. The Morgan fingerprint density at radius 1 is 1.33 bits per heavy atom. The second kappa shape index (κ2) is 8.53. The molecule has 0 aliphatic carbocycles. The van der Waals surface area contributed by atoms with Gasteiger partial charge in [0.1, 0.15) is 0 Å². The molecule has 1 heterocycles. The highest BCUT2D eigenvalue weighted by Gasteiger charge is 2.24. The smallest absolute Gasteiger partial charge is 0.0235 e. The van der Waals surface area contributed by atoms with Crippen molar-refractivity contribution >= 4 is 0 Å². The van der Waals surface area contributed by atoms with Gasteiger partial charge in [0.15, 0.2) is 0 Å². The van der Waals surface area contributed by atoms with Crippen molar-refractivity contribution in [2.45, 2.75) is 45.2 Å². The first kappa shape index (κ1) is 15.5. The molecule has 2 unspecified atom stereocenters. The van der Waals surface area contributed by atoms with Crippen LogP contribution in [0.2, 0.25) is 0 Å². The molecular formula is C15H29N3. The molecule has 1 aliphatic heterocycles. The highest BCUT2D eigenvalue weighted by molar-refractivity contribution is 4.96. The average molecular weight is 251 g/mol. The molecule has 1 fully saturated rings. The third kappa shape index (κ3) is 5.39.